The Hall–Kier alpha value is -1.12. The first kappa shape index (κ1) is 13.5. The number of aromatic nitrogens is 2. The molecule has 3 heteroatoms. The van der Waals surface area contributed by atoms with E-state index in [1.54, 1.807) is 0 Å². The van der Waals surface area contributed by atoms with Crippen LogP contribution in [0.2, 0.25) is 0 Å². The van der Waals surface area contributed by atoms with Crippen LogP contribution in [0.15, 0.2) is 6.07 Å². The van der Waals surface area contributed by atoms with Crippen LogP contribution in [-0.2, 0) is 0 Å². The molecule has 3 saturated carbocycles. The molecule has 2 bridgehead atoms. The van der Waals surface area contributed by atoms with Gasteiger partial charge in [-0.25, -0.2) is 9.97 Å². The first-order valence-electron chi connectivity index (χ1n) is 8.96. The summed E-state index contributed by atoms with van der Waals surface area (Å²) in [5, 5.41) is 3.43. The Labute approximate surface area is 128 Å². The average molecular weight is 285 g/mol. The van der Waals surface area contributed by atoms with Crippen LogP contribution >= 0.6 is 0 Å². The molecule has 0 saturated heterocycles. The van der Waals surface area contributed by atoms with Crippen molar-refractivity contribution in [2.45, 2.75) is 70.1 Å². The maximum Gasteiger partial charge on any atom is 0.134 e. The monoisotopic (exact) mass is 285 g/mol. The van der Waals surface area contributed by atoms with Crippen molar-refractivity contribution < 1.29 is 0 Å². The summed E-state index contributed by atoms with van der Waals surface area (Å²) in [6.07, 6.45) is 11.0. The molecule has 0 amide bonds. The predicted octanol–water partition coefficient (Wildman–Crippen LogP) is 4.47. The largest absolute Gasteiger partial charge is 0.370 e. The van der Waals surface area contributed by atoms with Crippen molar-refractivity contribution in [1.29, 1.82) is 0 Å². The molecule has 3 fully saturated rings. The van der Waals surface area contributed by atoms with E-state index in [1.807, 2.05) is 0 Å². The standard InChI is InChI=1S/C18H27N3/c1-2-19-17-11-16(13-5-3-4-6-13)20-18(21-17)15-10-12-7-8-14(15)9-12/h11-15H,2-10H2,1H3,(H,19,20,21). The third-order valence-corrected chi connectivity index (χ3v) is 5.96. The van der Waals surface area contributed by atoms with E-state index in [-0.39, 0.29) is 0 Å². The molecule has 114 valence electrons. The molecule has 0 radical (unpaired) electrons. The summed E-state index contributed by atoms with van der Waals surface area (Å²) < 4.78 is 0. The van der Waals surface area contributed by atoms with Crippen molar-refractivity contribution in [3.63, 3.8) is 0 Å². The highest BCUT2D eigenvalue weighted by atomic mass is 15.0. The molecular formula is C18H27N3. The van der Waals surface area contributed by atoms with E-state index in [9.17, 15) is 0 Å². The van der Waals surface area contributed by atoms with Crippen LogP contribution in [0.5, 0.6) is 0 Å². The van der Waals surface area contributed by atoms with Gasteiger partial charge in [-0.05, 0) is 50.9 Å². The molecule has 21 heavy (non-hydrogen) atoms. The lowest BCUT2D eigenvalue weighted by Crippen LogP contribution is -2.15. The zero-order valence-electron chi connectivity index (χ0n) is 13.1. The molecule has 1 aromatic heterocycles. The topological polar surface area (TPSA) is 37.8 Å². The first-order valence-corrected chi connectivity index (χ1v) is 8.96. The van der Waals surface area contributed by atoms with Crippen molar-refractivity contribution in [3.05, 3.63) is 17.6 Å². The third-order valence-electron chi connectivity index (χ3n) is 5.96. The fourth-order valence-electron chi connectivity index (χ4n) is 4.91. The van der Waals surface area contributed by atoms with Crippen molar-refractivity contribution in [2.75, 3.05) is 11.9 Å². The minimum absolute atomic E-state index is 0.641. The van der Waals surface area contributed by atoms with Gasteiger partial charge in [-0.15, -0.1) is 0 Å². The van der Waals surface area contributed by atoms with E-state index in [1.165, 1.54) is 57.1 Å². The van der Waals surface area contributed by atoms with Gasteiger partial charge in [0.2, 0.25) is 0 Å². The molecular weight excluding hydrogens is 258 g/mol. The number of nitrogens with zero attached hydrogens (tertiary/aromatic N) is 2. The normalized spacial score (nSPS) is 32.0. The van der Waals surface area contributed by atoms with Crippen LogP contribution in [0.1, 0.15) is 81.6 Å². The fraction of sp³-hybridized carbons (Fsp3) is 0.778. The lowest BCUT2D eigenvalue weighted by Gasteiger charge is -2.22. The van der Waals surface area contributed by atoms with Gasteiger partial charge < -0.3 is 5.32 Å². The second-order valence-corrected chi connectivity index (χ2v) is 7.33. The maximum absolute atomic E-state index is 5.05. The minimum atomic E-state index is 0.641. The molecule has 0 aromatic carbocycles. The van der Waals surface area contributed by atoms with Gasteiger partial charge >= 0.3 is 0 Å². The Morgan fingerprint density at radius 3 is 2.62 bits per heavy atom. The van der Waals surface area contributed by atoms with Crippen LogP contribution in [-0.4, -0.2) is 16.5 Å². The van der Waals surface area contributed by atoms with Crippen LogP contribution in [0.25, 0.3) is 0 Å². The van der Waals surface area contributed by atoms with E-state index in [0.717, 1.165) is 30.0 Å². The van der Waals surface area contributed by atoms with Gasteiger partial charge in [0.1, 0.15) is 11.6 Å². The minimum Gasteiger partial charge on any atom is -0.370 e. The number of anilines is 1. The SMILES string of the molecule is CCNc1cc(C2CCCC2)nc(C2CC3CCC2C3)n1. The van der Waals surface area contributed by atoms with Crippen molar-refractivity contribution in [3.8, 4) is 0 Å². The number of nitrogens with one attached hydrogen (secondary N) is 1. The highest BCUT2D eigenvalue weighted by Crippen LogP contribution is 2.52. The molecule has 3 nitrogen and oxygen atoms in total. The highest BCUT2D eigenvalue weighted by Gasteiger charge is 2.41. The van der Waals surface area contributed by atoms with Gasteiger partial charge in [-0.3, -0.25) is 0 Å². The van der Waals surface area contributed by atoms with Crippen LogP contribution < -0.4 is 5.32 Å². The maximum atomic E-state index is 5.05. The van der Waals surface area contributed by atoms with Gasteiger partial charge in [0.25, 0.3) is 0 Å². The van der Waals surface area contributed by atoms with Gasteiger partial charge in [-0.2, -0.15) is 0 Å². The van der Waals surface area contributed by atoms with Gasteiger partial charge in [-0.1, -0.05) is 19.3 Å². The quantitative estimate of drug-likeness (QED) is 0.887. The molecule has 4 rings (SSSR count). The Morgan fingerprint density at radius 2 is 1.95 bits per heavy atom. The van der Waals surface area contributed by atoms with E-state index in [4.69, 9.17) is 9.97 Å². The molecule has 3 unspecified atom stereocenters. The van der Waals surface area contributed by atoms with E-state index in [0.29, 0.717) is 11.8 Å². The molecule has 0 spiro atoms. The summed E-state index contributed by atoms with van der Waals surface area (Å²) in [5.41, 5.74) is 1.32. The van der Waals surface area contributed by atoms with E-state index >= 15 is 0 Å². The number of hydrogen-bond acceptors (Lipinski definition) is 3. The Bertz CT molecular complexity index is 507. The highest BCUT2D eigenvalue weighted by molar-refractivity contribution is 5.38. The molecule has 1 N–H and O–H groups in total. The summed E-state index contributed by atoms with van der Waals surface area (Å²) in [7, 11) is 0. The lowest BCUT2D eigenvalue weighted by atomic mass is 9.88. The van der Waals surface area contributed by atoms with Crippen molar-refractivity contribution in [1.82, 2.24) is 9.97 Å². The summed E-state index contributed by atoms with van der Waals surface area (Å²) in [6, 6.07) is 2.22. The Kier molecular flexibility index (Phi) is 3.60. The number of fused-ring (bicyclic) bond motifs is 2. The molecule has 3 atom stereocenters. The molecule has 3 aliphatic carbocycles. The van der Waals surface area contributed by atoms with Crippen molar-refractivity contribution in [2.24, 2.45) is 11.8 Å². The molecule has 1 aromatic rings. The summed E-state index contributed by atoms with van der Waals surface area (Å²) in [5.74, 6) is 5.37. The zero-order valence-corrected chi connectivity index (χ0v) is 13.1. The average Bonchev–Trinajstić information content (AvgIpc) is 3.24. The predicted molar refractivity (Wildman–Crippen MR) is 85.6 cm³/mol. The van der Waals surface area contributed by atoms with Gasteiger partial charge in [0.05, 0.1) is 0 Å². The summed E-state index contributed by atoms with van der Waals surface area (Å²) in [6.45, 7) is 3.09. The third kappa shape index (κ3) is 2.56. The van der Waals surface area contributed by atoms with Gasteiger partial charge in [0, 0.05) is 30.1 Å². The second-order valence-electron chi connectivity index (χ2n) is 7.33. The number of rotatable bonds is 4. The smallest absolute Gasteiger partial charge is 0.134 e. The zero-order chi connectivity index (χ0) is 14.2. The van der Waals surface area contributed by atoms with Crippen LogP contribution in [0, 0.1) is 11.8 Å². The summed E-state index contributed by atoms with van der Waals surface area (Å²) >= 11 is 0. The van der Waals surface area contributed by atoms with E-state index < -0.39 is 0 Å². The van der Waals surface area contributed by atoms with Crippen LogP contribution in [0.4, 0.5) is 5.82 Å². The summed E-state index contributed by atoms with van der Waals surface area (Å²) in [4.78, 5) is 9.92. The van der Waals surface area contributed by atoms with Crippen LogP contribution in [0.3, 0.4) is 0 Å². The fourth-order valence-corrected chi connectivity index (χ4v) is 4.91. The van der Waals surface area contributed by atoms with E-state index in [2.05, 4.69) is 18.3 Å². The molecule has 1 heterocycles. The lowest BCUT2D eigenvalue weighted by molar-refractivity contribution is 0.404. The Balaban J connectivity index is 1.65. The van der Waals surface area contributed by atoms with Gasteiger partial charge in [0.15, 0.2) is 0 Å². The first-order chi connectivity index (χ1) is 10.3. The Morgan fingerprint density at radius 1 is 1.10 bits per heavy atom. The molecule has 0 aliphatic heterocycles. The number of hydrogen-bond donors (Lipinski definition) is 1. The second kappa shape index (κ2) is 5.58. The molecule has 3 aliphatic rings. The van der Waals surface area contributed by atoms with Crippen molar-refractivity contribution >= 4 is 5.82 Å².